The lowest BCUT2D eigenvalue weighted by atomic mass is 9.87. The first kappa shape index (κ1) is 19.5. The Hall–Kier alpha value is -1.80. The first-order valence-electron chi connectivity index (χ1n) is 9.35. The van der Waals surface area contributed by atoms with Gasteiger partial charge in [-0.3, -0.25) is 0 Å². The van der Waals surface area contributed by atoms with Gasteiger partial charge in [-0.2, -0.15) is 0 Å². The Morgan fingerprint density at radius 3 is 2.46 bits per heavy atom. The maximum absolute atomic E-state index is 10.6. The van der Waals surface area contributed by atoms with Crippen molar-refractivity contribution in [2.75, 3.05) is 6.61 Å². The SMILES string of the molecule is Cc1ccc(Cc2cc([C@@H]3O[C@H](CO)[C@@H](O)[C@@H](O)[C@H]3O)c3ccccc3c2)s1. The number of hydrogen-bond acceptors (Lipinski definition) is 6. The zero-order chi connectivity index (χ0) is 19.8. The molecule has 1 aliphatic heterocycles. The van der Waals surface area contributed by atoms with E-state index in [0.717, 1.165) is 28.3 Å². The summed E-state index contributed by atoms with van der Waals surface area (Å²) >= 11 is 1.75. The van der Waals surface area contributed by atoms with E-state index in [1.165, 1.54) is 9.75 Å². The molecule has 1 fully saturated rings. The van der Waals surface area contributed by atoms with Gasteiger partial charge in [0.15, 0.2) is 0 Å². The van der Waals surface area contributed by atoms with Gasteiger partial charge in [0.05, 0.1) is 6.61 Å². The molecule has 2 aromatic carbocycles. The Labute approximate surface area is 167 Å². The average Bonchev–Trinajstić information content (AvgIpc) is 3.10. The highest BCUT2D eigenvalue weighted by Gasteiger charge is 2.44. The summed E-state index contributed by atoms with van der Waals surface area (Å²) in [6.45, 7) is 1.64. The fourth-order valence-electron chi connectivity index (χ4n) is 3.88. The Morgan fingerprint density at radius 1 is 0.964 bits per heavy atom. The van der Waals surface area contributed by atoms with Crippen molar-refractivity contribution in [2.45, 2.75) is 43.9 Å². The normalized spacial score (nSPS) is 28.0. The smallest absolute Gasteiger partial charge is 0.113 e. The molecule has 5 nitrogen and oxygen atoms in total. The van der Waals surface area contributed by atoms with E-state index in [0.29, 0.717) is 0 Å². The minimum Gasteiger partial charge on any atom is -0.394 e. The molecule has 0 radical (unpaired) electrons. The zero-order valence-electron chi connectivity index (χ0n) is 15.5. The summed E-state index contributed by atoms with van der Waals surface area (Å²) in [4.78, 5) is 2.50. The number of thiophene rings is 1. The largest absolute Gasteiger partial charge is 0.394 e. The van der Waals surface area contributed by atoms with Crippen LogP contribution in [0.5, 0.6) is 0 Å². The Bertz CT molecular complexity index is 966. The highest BCUT2D eigenvalue weighted by molar-refractivity contribution is 7.11. The molecule has 0 spiro atoms. The van der Waals surface area contributed by atoms with Gasteiger partial charge in [0.1, 0.15) is 30.5 Å². The third kappa shape index (κ3) is 3.59. The lowest BCUT2D eigenvalue weighted by Crippen LogP contribution is -2.55. The second kappa shape index (κ2) is 7.91. The lowest BCUT2D eigenvalue weighted by molar-refractivity contribution is -0.231. The molecule has 0 amide bonds. The quantitative estimate of drug-likeness (QED) is 0.540. The molecule has 0 bridgehead atoms. The topological polar surface area (TPSA) is 90.2 Å². The summed E-state index contributed by atoms with van der Waals surface area (Å²) in [7, 11) is 0. The van der Waals surface area contributed by atoms with Crippen LogP contribution in [0.15, 0.2) is 48.5 Å². The molecule has 0 saturated carbocycles. The molecule has 3 aromatic rings. The van der Waals surface area contributed by atoms with Crippen LogP contribution < -0.4 is 0 Å². The highest BCUT2D eigenvalue weighted by Crippen LogP contribution is 2.37. The predicted octanol–water partition coefficient (Wildman–Crippen LogP) is 2.32. The van der Waals surface area contributed by atoms with Crippen LogP contribution in [0.3, 0.4) is 0 Å². The minimum atomic E-state index is -1.39. The van der Waals surface area contributed by atoms with Crippen LogP contribution in [-0.4, -0.2) is 51.4 Å². The van der Waals surface area contributed by atoms with E-state index in [2.05, 4.69) is 25.1 Å². The molecule has 1 aromatic heterocycles. The fourth-order valence-corrected chi connectivity index (χ4v) is 4.81. The summed E-state index contributed by atoms with van der Waals surface area (Å²) < 4.78 is 5.83. The number of fused-ring (bicyclic) bond motifs is 1. The van der Waals surface area contributed by atoms with Crippen LogP contribution in [0.1, 0.15) is 27.0 Å². The number of hydrogen-bond donors (Lipinski definition) is 4. The number of aryl methyl sites for hydroxylation is 1. The van der Waals surface area contributed by atoms with Gasteiger partial charge in [0.2, 0.25) is 0 Å². The van der Waals surface area contributed by atoms with Gasteiger partial charge in [0, 0.05) is 16.2 Å². The van der Waals surface area contributed by atoms with Crippen molar-refractivity contribution in [3.8, 4) is 0 Å². The molecule has 0 aliphatic carbocycles. The summed E-state index contributed by atoms with van der Waals surface area (Å²) in [5, 5.41) is 42.4. The molecule has 28 heavy (non-hydrogen) atoms. The van der Waals surface area contributed by atoms with Gasteiger partial charge in [-0.1, -0.05) is 36.4 Å². The molecule has 148 valence electrons. The molecular formula is C22H24O5S. The molecule has 5 atom stereocenters. The molecule has 1 aliphatic rings. The maximum atomic E-state index is 10.6. The third-order valence-electron chi connectivity index (χ3n) is 5.33. The Kier molecular flexibility index (Phi) is 5.51. The van der Waals surface area contributed by atoms with Gasteiger partial charge in [0.25, 0.3) is 0 Å². The van der Waals surface area contributed by atoms with E-state index in [9.17, 15) is 20.4 Å². The van der Waals surface area contributed by atoms with E-state index in [-0.39, 0.29) is 0 Å². The second-order valence-corrected chi connectivity index (χ2v) is 8.72. The molecule has 4 rings (SSSR count). The van der Waals surface area contributed by atoms with Gasteiger partial charge in [-0.15, -0.1) is 11.3 Å². The van der Waals surface area contributed by atoms with Gasteiger partial charge in [-0.25, -0.2) is 0 Å². The summed E-state index contributed by atoms with van der Waals surface area (Å²) in [5.74, 6) is 0. The van der Waals surface area contributed by atoms with E-state index in [4.69, 9.17) is 4.74 Å². The molecule has 1 saturated heterocycles. The van der Waals surface area contributed by atoms with Crippen molar-refractivity contribution in [2.24, 2.45) is 0 Å². The lowest BCUT2D eigenvalue weighted by Gasteiger charge is -2.40. The van der Waals surface area contributed by atoms with Crippen LogP contribution in [-0.2, 0) is 11.2 Å². The molecule has 0 unspecified atom stereocenters. The van der Waals surface area contributed by atoms with Crippen molar-refractivity contribution < 1.29 is 25.2 Å². The average molecular weight is 400 g/mol. The van der Waals surface area contributed by atoms with E-state index in [1.807, 2.05) is 30.3 Å². The van der Waals surface area contributed by atoms with Crippen molar-refractivity contribution in [3.05, 3.63) is 69.4 Å². The maximum Gasteiger partial charge on any atom is 0.113 e. The van der Waals surface area contributed by atoms with E-state index >= 15 is 0 Å². The summed E-state index contributed by atoms with van der Waals surface area (Å²) in [6, 6.07) is 16.2. The fraction of sp³-hybridized carbons (Fsp3) is 0.364. The van der Waals surface area contributed by atoms with Crippen LogP contribution >= 0.6 is 11.3 Å². The van der Waals surface area contributed by atoms with Crippen LogP contribution in [0, 0.1) is 6.92 Å². The van der Waals surface area contributed by atoms with E-state index < -0.39 is 37.1 Å². The van der Waals surface area contributed by atoms with E-state index in [1.54, 1.807) is 11.3 Å². The van der Waals surface area contributed by atoms with Crippen LogP contribution in [0.4, 0.5) is 0 Å². The first-order valence-corrected chi connectivity index (χ1v) is 10.2. The third-order valence-corrected chi connectivity index (χ3v) is 6.33. The van der Waals surface area contributed by atoms with Crippen LogP contribution in [0.2, 0.25) is 0 Å². The standard InChI is InChI=1S/C22H24O5S/c1-12-6-7-15(28-12)9-13-8-14-4-2-3-5-16(14)17(10-13)22-21(26)20(25)19(24)18(11-23)27-22/h2-8,10,18-26H,9,11H2,1H3/t18-,19-,20-,21-,22+/m1/s1. The van der Waals surface area contributed by atoms with Crippen molar-refractivity contribution >= 4 is 22.1 Å². The van der Waals surface area contributed by atoms with Gasteiger partial charge >= 0.3 is 0 Å². The zero-order valence-corrected chi connectivity index (χ0v) is 16.3. The number of ether oxygens (including phenoxy) is 1. The molecular weight excluding hydrogens is 376 g/mol. The molecule has 4 N–H and O–H groups in total. The number of benzene rings is 2. The molecule has 6 heteroatoms. The Morgan fingerprint density at radius 2 is 1.75 bits per heavy atom. The van der Waals surface area contributed by atoms with Crippen molar-refractivity contribution in [3.63, 3.8) is 0 Å². The second-order valence-electron chi connectivity index (χ2n) is 7.34. The van der Waals surface area contributed by atoms with Gasteiger partial charge in [-0.05, 0) is 41.0 Å². The monoisotopic (exact) mass is 400 g/mol. The predicted molar refractivity (Wildman–Crippen MR) is 109 cm³/mol. The number of aliphatic hydroxyl groups excluding tert-OH is 4. The molecule has 2 heterocycles. The Balaban J connectivity index is 1.78. The first-order chi connectivity index (χ1) is 13.5. The minimum absolute atomic E-state index is 0.437. The summed E-state index contributed by atoms with van der Waals surface area (Å²) in [6.07, 6.45) is -5.05. The van der Waals surface area contributed by atoms with Crippen molar-refractivity contribution in [1.29, 1.82) is 0 Å². The number of rotatable bonds is 4. The van der Waals surface area contributed by atoms with Crippen molar-refractivity contribution in [1.82, 2.24) is 0 Å². The van der Waals surface area contributed by atoms with Crippen LogP contribution in [0.25, 0.3) is 10.8 Å². The highest BCUT2D eigenvalue weighted by atomic mass is 32.1. The van der Waals surface area contributed by atoms with Gasteiger partial charge < -0.3 is 25.2 Å². The number of aliphatic hydroxyl groups is 4. The summed E-state index contributed by atoms with van der Waals surface area (Å²) in [5.41, 5.74) is 1.82.